The molecule has 0 aromatic heterocycles. The van der Waals surface area contributed by atoms with E-state index in [0.717, 1.165) is 17.0 Å². The van der Waals surface area contributed by atoms with E-state index in [1.165, 1.54) is 12.1 Å². The van der Waals surface area contributed by atoms with Gasteiger partial charge in [-0.1, -0.05) is 13.3 Å². The summed E-state index contributed by atoms with van der Waals surface area (Å²) in [6, 6.07) is 4.90. The monoisotopic (exact) mass is 307 g/mol. The van der Waals surface area contributed by atoms with Crippen LogP contribution in [0.3, 0.4) is 0 Å². The van der Waals surface area contributed by atoms with Crippen LogP contribution in [-0.4, -0.2) is 36.7 Å². The van der Waals surface area contributed by atoms with E-state index < -0.39 is 31.1 Å². The predicted molar refractivity (Wildman–Crippen MR) is 69.4 cm³/mol. The first-order valence-electron chi connectivity index (χ1n) is 6.54. The number of ether oxygens (including phenoxy) is 1. The quantitative estimate of drug-likeness (QED) is 0.723. The summed E-state index contributed by atoms with van der Waals surface area (Å²) in [4.78, 5) is 12.5. The maximum atomic E-state index is 12.7. The Bertz CT molecular complexity index is 445. The summed E-state index contributed by atoms with van der Waals surface area (Å²) >= 11 is 0. The summed E-state index contributed by atoms with van der Waals surface area (Å²) in [5.74, 6) is -0.979. The minimum absolute atomic E-state index is 0.0294. The minimum Gasteiger partial charge on any atom is -0.484 e. The van der Waals surface area contributed by atoms with Crippen molar-refractivity contribution < 1.29 is 27.1 Å². The van der Waals surface area contributed by atoms with Gasteiger partial charge in [0.15, 0.2) is 6.61 Å². The van der Waals surface area contributed by atoms with E-state index >= 15 is 0 Å². The van der Waals surface area contributed by atoms with Gasteiger partial charge in [-0.25, -0.2) is 4.39 Å². The maximum absolute atomic E-state index is 12.7. The standard InChI is InChI=1S/C14H17F4NO2/c1-2-3-8-19(10-14(16,17)18)13(20)9-21-12-6-4-11(15)5-7-12/h4-7H,2-3,8-10H2,1H3. The van der Waals surface area contributed by atoms with E-state index in [4.69, 9.17) is 4.74 Å². The fraction of sp³-hybridized carbons (Fsp3) is 0.500. The maximum Gasteiger partial charge on any atom is 0.406 e. The lowest BCUT2D eigenvalue weighted by atomic mass is 10.3. The largest absolute Gasteiger partial charge is 0.484 e. The molecule has 0 unspecified atom stereocenters. The molecule has 1 rings (SSSR count). The van der Waals surface area contributed by atoms with Crippen molar-refractivity contribution in [3.63, 3.8) is 0 Å². The SMILES string of the molecule is CCCCN(CC(F)(F)F)C(=O)COc1ccc(F)cc1. The number of halogens is 4. The van der Waals surface area contributed by atoms with Gasteiger partial charge in [-0.2, -0.15) is 13.2 Å². The van der Waals surface area contributed by atoms with Crippen LogP contribution in [0.15, 0.2) is 24.3 Å². The Kier molecular flexibility index (Phi) is 6.45. The summed E-state index contributed by atoms with van der Waals surface area (Å²) in [6.07, 6.45) is -3.28. The fourth-order valence-corrected chi connectivity index (χ4v) is 1.62. The highest BCUT2D eigenvalue weighted by molar-refractivity contribution is 5.77. The molecule has 0 fully saturated rings. The van der Waals surface area contributed by atoms with Crippen LogP contribution in [0, 0.1) is 5.82 Å². The summed E-state index contributed by atoms with van der Waals surface area (Å²) in [5.41, 5.74) is 0. The zero-order valence-corrected chi connectivity index (χ0v) is 11.6. The molecule has 0 spiro atoms. The number of carbonyl (C=O) groups is 1. The number of nitrogens with zero attached hydrogens (tertiary/aromatic N) is 1. The molecule has 1 aromatic carbocycles. The van der Waals surface area contributed by atoms with E-state index in [2.05, 4.69) is 0 Å². The first kappa shape index (κ1) is 17.3. The minimum atomic E-state index is -4.45. The normalized spacial score (nSPS) is 11.3. The molecule has 0 aliphatic heterocycles. The number of rotatable bonds is 7. The Labute approximate surface area is 120 Å². The molecule has 0 saturated carbocycles. The highest BCUT2D eigenvalue weighted by atomic mass is 19.4. The van der Waals surface area contributed by atoms with Crippen LogP contribution >= 0.6 is 0 Å². The summed E-state index contributed by atoms with van der Waals surface area (Å²) < 4.78 is 55.0. The molecule has 3 nitrogen and oxygen atoms in total. The van der Waals surface area contributed by atoms with Crippen molar-refractivity contribution in [2.75, 3.05) is 19.7 Å². The van der Waals surface area contributed by atoms with E-state index in [9.17, 15) is 22.4 Å². The number of benzene rings is 1. The third kappa shape index (κ3) is 6.97. The molecular weight excluding hydrogens is 290 g/mol. The molecule has 0 aliphatic rings. The van der Waals surface area contributed by atoms with Crippen molar-refractivity contribution in [3.8, 4) is 5.75 Å². The van der Waals surface area contributed by atoms with Gasteiger partial charge < -0.3 is 9.64 Å². The average molecular weight is 307 g/mol. The smallest absolute Gasteiger partial charge is 0.406 e. The third-order valence-corrected chi connectivity index (χ3v) is 2.68. The van der Waals surface area contributed by atoms with Gasteiger partial charge >= 0.3 is 6.18 Å². The van der Waals surface area contributed by atoms with E-state index in [-0.39, 0.29) is 12.3 Å². The molecule has 7 heteroatoms. The zero-order chi connectivity index (χ0) is 15.9. The molecule has 118 valence electrons. The first-order valence-corrected chi connectivity index (χ1v) is 6.54. The predicted octanol–water partition coefficient (Wildman–Crippen LogP) is 3.40. The van der Waals surface area contributed by atoms with Gasteiger partial charge in [0, 0.05) is 6.54 Å². The zero-order valence-electron chi connectivity index (χ0n) is 11.6. The number of carbonyl (C=O) groups excluding carboxylic acids is 1. The Morgan fingerprint density at radius 1 is 1.24 bits per heavy atom. The van der Waals surface area contributed by atoms with Gasteiger partial charge in [0.05, 0.1) is 0 Å². The molecule has 0 heterocycles. The molecule has 0 saturated heterocycles. The van der Waals surface area contributed by atoms with Crippen molar-refractivity contribution in [3.05, 3.63) is 30.1 Å². The molecule has 0 bridgehead atoms. The number of alkyl halides is 3. The topological polar surface area (TPSA) is 29.5 Å². The number of unbranched alkanes of at least 4 members (excludes halogenated alkanes) is 1. The van der Waals surface area contributed by atoms with Gasteiger partial charge in [0.25, 0.3) is 5.91 Å². The average Bonchev–Trinajstić information content (AvgIpc) is 2.41. The van der Waals surface area contributed by atoms with Crippen LogP contribution in [0.5, 0.6) is 5.75 Å². The number of hydrogen-bond acceptors (Lipinski definition) is 2. The molecule has 0 atom stereocenters. The van der Waals surface area contributed by atoms with Gasteiger partial charge in [0.1, 0.15) is 18.1 Å². The molecule has 0 aliphatic carbocycles. The summed E-state index contributed by atoms with van der Waals surface area (Å²) in [5, 5.41) is 0. The van der Waals surface area contributed by atoms with E-state index in [1.807, 2.05) is 6.92 Å². The third-order valence-electron chi connectivity index (χ3n) is 2.68. The van der Waals surface area contributed by atoms with Gasteiger partial charge in [-0.05, 0) is 30.7 Å². The van der Waals surface area contributed by atoms with Crippen LogP contribution in [0.2, 0.25) is 0 Å². The first-order chi connectivity index (χ1) is 9.81. The van der Waals surface area contributed by atoms with Crippen molar-refractivity contribution >= 4 is 5.91 Å². The van der Waals surface area contributed by atoms with Crippen LogP contribution in [0.1, 0.15) is 19.8 Å². The van der Waals surface area contributed by atoms with Crippen molar-refractivity contribution in [1.29, 1.82) is 0 Å². The Hall–Kier alpha value is -1.79. The lowest BCUT2D eigenvalue weighted by Crippen LogP contribution is -2.42. The Morgan fingerprint density at radius 3 is 2.38 bits per heavy atom. The molecule has 1 aromatic rings. The second-order valence-electron chi connectivity index (χ2n) is 4.53. The van der Waals surface area contributed by atoms with E-state index in [0.29, 0.717) is 12.8 Å². The van der Waals surface area contributed by atoms with Crippen molar-refractivity contribution in [2.24, 2.45) is 0 Å². The molecular formula is C14H17F4NO2. The molecule has 0 radical (unpaired) electrons. The van der Waals surface area contributed by atoms with Crippen LogP contribution in [0.25, 0.3) is 0 Å². The summed E-state index contributed by atoms with van der Waals surface area (Å²) in [6.45, 7) is 0.0525. The molecule has 21 heavy (non-hydrogen) atoms. The highest BCUT2D eigenvalue weighted by Gasteiger charge is 2.32. The number of amides is 1. The van der Waals surface area contributed by atoms with Crippen molar-refractivity contribution in [2.45, 2.75) is 25.9 Å². The van der Waals surface area contributed by atoms with Crippen LogP contribution in [0.4, 0.5) is 17.6 Å². The number of hydrogen-bond donors (Lipinski definition) is 0. The van der Waals surface area contributed by atoms with Gasteiger partial charge in [-0.3, -0.25) is 4.79 Å². The molecule has 1 amide bonds. The Balaban J connectivity index is 2.56. The lowest BCUT2D eigenvalue weighted by Gasteiger charge is -2.23. The van der Waals surface area contributed by atoms with Crippen LogP contribution < -0.4 is 4.74 Å². The van der Waals surface area contributed by atoms with Crippen molar-refractivity contribution in [1.82, 2.24) is 4.90 Å². The van der Waals surface area contributed by atoms with Gasteiger partial charge in [0.2, 0.25) is 0 Å². The van der Waals surface area contributed by atoms with Crippen LogP contribution in [-0.2, 0) is 4.79 Å². The van der Waals surface area contributed by atoms with E-state index in [1.54, 1.807) is 0 Å². The fourth-order valence-electron chi connectivity index (χ4n) is 1.62. The lowest BCUT2D eigenvalue weighted by molar-refractivity contribution is -0.162. The van der Waals surface area contributed by atoms with Gasteiger partial charge in [-0.15, -0.1) is 0 Å². The second kappa shape index (κ2) is 7.85. The Morgan fingerprint density at radius 2 is 1.86 bits per heavy atom. The second-order valence-corrected chi connectivity index (χ2v) is 4.53. The highest BCUT2D eigenvalue weighted by Crippen LogP contribution is 2.17. The molecule has 0 N–H and O–H groups in total. The summed E-state index contributed by atoms with van der Waals surface area (Å²) in [7, 11) is 0.